The molecule has 132 valence electrons. The van der Waals surface area contributed by atoms with Gasteiger partial charge in [0.2, 0.25) is 5.95 Å². The van der Waals surface area contributed by atoms with Gasteiger partial charge in [-0.3, -0.25) is 0 Å². The maximum atomic E-state index is 5.06. The molecule has 2 aliphatic heterocycles. The van der Waals surface area contributed by atoms with E-state index in [0.717, 1.165) is 49.9 Å². The molecule has 3 heterocycles. The molecule has 2 aromatic carbocycles. The Morgan fingerprint density at radius 2 is 1.46 bits per heavy atom. The largest absolute Gasteiger partial charge is 0.356 e. The van der Waals surface area contributed by atoms with Crippen LogP contribution in [0.1, 0.15) is 30.4 Å². The van der Waals surface area contributed by atoms with Crippen LogP contribution in [0.2, 0.25) is 0 Å². The van der Waals surface area contributed by atoms with Gasteiger partial charge in [-0.25, -0.2) is 4.98 Å². The van der Waals surface area contributed by atoms with E-state index < -0.39 is 0 Å². The maximum Gasteiger partial charge on any atom is 0.228 e. The van der Waals surface area contributed by atoms with Gasteiger partial charge in [-0.05, 0) is 48.9 Å². The topological polar surface area (TPSA) is 32.3 Å². The fourth-order valence-corrected chi connectivity index (χ4v) is 4.20. The van der Waals surface area contributed by atoms with Crippen LogP contribution in [0.3, 0.4) is 0 Å². The smallest absolute Gasteiger partial charge is 0.228 e. The van der Waals surface area contributed by atoms with Gasteiger partial charge in [0.25, 0.3) is 0 Å². The molecule has 4 heteroatoms. The van der Waals surface area contributed by atoms with Crippen LogP contribution in [0.5, 0.6) is 0 Å². The Morgan fingerprint density at radius 3 is 2.35 bits per heavy atom. The molecule has 3 aromatic rings. The Hall–Kier alpha value is -2.62. The van der Waals surface area contributed by atoms with Crippen molar-refractivity contribution in [2.24, 2.45) is 0 Å². The minimum absolute atomic E-state index is 0.874. The normalized spacial score (nSPS) is 17.4. The summed E-state index contributed by atoms with van der Waals surface area (Å²) in [5.41, 5.74) is 3.91. The second-order valence-electron chi connectivity index (χ2n) is 7.35. The van der Waals surface area contributed by atoms with E-state index in [2.05, 4.69) is 58.3 Å². The summed E-state index contributed by atoms with van der Waals surface area (Å²) in [6.45, 7) is 4.08. The summed E-state index contributed by atoms with van der Waals surface area (Å²) >= 11 is 0. The zero-order chi connectivity index (χ0) is 17.3. The molecule has 0 atom stereocenters. The summed E-state index contributed by atoms with van der Waals surface area (Å²) in [4.78, 5) is 14.8. The Bertz CT molecular complexity index is 930. The Balaban J connectivity index is 1.56. The van der Waals surface area contributed by atoms with Crippen LogP contribution in [-0.2, 0) is 13.0 Å². The second kappa shape index (κ2) is 6.60. The quantitative estimate of drug-likeness (QED) is 0.698. The lowest BCUT2D eigenvalue weighted by atomic mass is 10.0. The molecule has 0 radical (unpaired) electrons. The van der Waals surface area contributed by atoms with Gasteiger partial charge in [0.1, 0.15) is 5.82 Å². The number of aromatic nitrogens is 2. The Kier molecular flexibility index (Phi) is 3.96. The molecular formula is C22H24N4. The van der Waals surface area contributed by atoms with Gasteiger partial charge in [-0.2, -0.15) is 4.98 Å². The summed E-state index contributed by atoms with van der Waals surface area (Å²) in [6.07, 6.45) is 4.90. The first-order chi connectivity index (χ1) is 12.9. The minimum atomic E-state index is 0.874. The molecule has 0 aliphatic carbocycles. The second-order valence-corrected chi connectivity index (χ2v) is 7.35. The number of hydrogen-bond acceptors (Lipinski definition) is 4. The lowest BCUT2D eigenvalue weighted by molar-refractivity contribution is 0.574. The van der Waals surface area contributed by atoms with Gasteiger partial charge in [0.05, 0.1) is 5.52 Å². The van der Waals surface area contributed by atoms with E-state index in [1.807, 2.05) is 0 Å². The zero-order valence-corrected chi connectivity index (χ0v) is 15.1. The molecule has 26 heavy (non-hydrogen) atoms. The molecule has 0 saturated carbocycles. The van der Waals surface area contributed by atoms with Crippen LogP contribution < -0.4 is 9.80 Å². The average Bonchev–Trinajstić information content (AvgIpc) is 2.73. The molecule has 4 nitrogen and oxygen atoms in total. The average molecular weight is 344 g/mol. The zero-order valence-electron chi connectivity index (χ0n) is 15.1. The van der Waals surface area contributed by atoms with Crippen LogP contribution in [0.4, 0.5) is 11.8 Å². The van der Waals surface area contributed by atoms with E-state index in [4.69, 9.17) is 9.97 Å². The first-order valence-electron chi connectivity index (χ1n) is 9.72. The number of para-hydroxylation sites is 1. The third-order valence-electron chi connectivity index (χ3n) is 5.64. The number of hydrogen-bond donors (Lipinski definition) is 0. The lowest BCUT2D eigenvalue weighted by Crippen LogP contribution is -2.34. The number of rotatable bonds is 2. The minimum Gasteiger partial charge on any atom is -0.356 e. The summed E-state index contributed by atoms with van der Waals surface area (Å²) in [5, 5.41) is 1.18. The highest BCUT2D eigenvalue weighted by atomic mass is 15.3. The first kappa shape index (κ1) is 15.6. The van der Waals surface area contributed by atoms with E-state index in [9.17, 15) is 0 Å². The monoisotopic (exact) mass is 344 g/mol. The predicted octanol–water partition coefficient (Wildman–Crippen LogP) is 4.18. The van der Waals surface area contributed by atoms with Crippen molar-refractivity contribution in [1.29, 1.82) is 0 Å². The van der Waals surface area contributed by atoms with Gasteiger partial charge in [0.15, 0.2) is 0 Å². The first-order valence-corrected chi connectivity index (χ1v) is 9.72. The molecule has 1 fully saturated rings. The van der Waals surface area contributed by atoms with Gasteiger partial charge < -0.3 is 9.80 Å². The van der Waals surface area contributed by atoms with Crippen molar-refractivity contribution in [2.45, 2.75) is 32.2 Å². The third-order valence-corrected chi connectivity index (χ3v) is 5.64. The van der Waals surface area contributed by atoms with Gasteiger partial charge >= 0.3 is 0 Å². The molecular weight excluding hydrogens is 320 g/mol. The van der Waals surface area contributed by atoms with E-state index >= 15 is 0 Å². The van der Waals surface area contributed by atoms with Crippen molar-refractivity contribution in [2.75, 3.05) is 29.4 Å². The summed E-state index contributed by atoms with van der Waals surface area (Å²) in [7, 11) is 0. The highest BCUT2D eigenvalue weighted by Gasteiger charge is 2.22. The number of piperidine rings is 1. The number of anilines is 2. The van der Waals surface area contributed by atoms with Crippen LogP contribution in [0, 0.1) is 0 Å². The fourth-order valence-electron chi connectivity index (χ4n) is 4.20. The lowest BCUT2D eigenvalue weighted by Gasteiger charge is -2.32. The van der Waals surface area contributed by atoms with Crippen LogP contribution >= 0.6 is 0 Å². The van der Waals surface area contributed by atoms with Gasteiger partial charge in [0, 0.05) is 31.6 Å². The van der Waals surface area contributed by atoms with Crippen LogP contribution in [-0.4, -0.2) is 29.6 Å². The maximum absolute atomic E-state index is 5.06. The molecule has 2 aliphatic rings. The van der Waals surface area contributed by atoms with Crippen molar-refractivity contribution in [3.8, 4) is 0 Å². The van der Waals surface area contributed by atoms with Gasteiger partial charge in [-0.15, -0.1) is 0 Å². The van der Waals surface area contributed by atoms with Crippen molar-refractivity contribution in [1.82, 2.24) is 9.97 Å². The summed E-state index contributed by atoms with van der Waals surface area (Å²) < 4.78 is 0. The van der Waals surface area contributed by atoms with Crippen molar-refractivity contribution in [3.05, 3.63) is 59.7 Å². The molecule has 0 spiro atoms. The molecule has 5 rings (SSSR count). The van der Waals surface area contributed by atoms with Crippen LogP contribution in [0.25, 0.3) is 10.9 Å². The highest BCUT2D eigenvalue weighted by molar-refractivity contribution is 5.90. The molecule has 1 saturated heterocycles. The van der Waals surface area contributed by atoms with E-state index in [-0.39, 0.29) is 0 Å². The Morgan fingerprint density at radius 1 is 0.692 bits per heavy atom. The molecule has 0 amide bonds. The number of fused-ring (bicyclic) bond motifs is 2. The standard InChI is InChI=1S/C22H24N4/c1-6-13-25(14-7-1)21-19-10-4-5-11-20(19)23-22(24-21)26-15-12-17-8-2-3-9-18(17)16-26/h2-5,8-11H,1,6-7,12-16H2. The van der Waals surface area contributed by atoms with Crippen molar-refractivity contribution >= 4 is 22.7 Å². The predicted molar refractivity (Wildman–Crippen MR) is 107 cm³/mol. The molecule has 0 unspecified atom stereocenters. The van der Waals surface area contributed by atoms with Gasteiger partial charge in [-0.1, -0.05) is 36.4 Å². The summed E-state index contributed by atoms with van der Waals surface area (Å²) in [6, 6.07) is 17.2. The number of nitrogens with zero attached hydrogens (tertiary/aromatic N) is 4. The van der Waals surface area contributed by atoms with Crippen molar-refractivity contribution < 1.29 is 0 Å². The Labute approximate surface area is 154 Å². The molecule has 0 bridgehead atoms. The SMILES string of the molecule is c1ccc2c(c1)CCN(c1nc(N3CCCCC3)c3ccccc3n1)C2. The van der Waals surface area contributed by atoms with Crippen LogP contribution in [0.15, 0.2) is 48.5 Å². The van der Waals surface area contributed by atoms with E-state index in [1.165, 1.54) is 35.8 Å². The van der Waals surface area contributed by atoms with E-state index in [1.54, 1.807) is 0 Å². The molecule has 1 aromatic heterocycles. The van der Waals surface area contributed by atoms with E-state index in [0.29, 0.717) is 0 Å². The summed E-state index contributed by atoms with van der Waals surface area (Å²) in [5.74, 6) is 1.99. The highest BCUT2D eigenvalue weighted by Crippen LogP contribution is 2.30. The fraction of sp³-hybridized carbons (Fsp3) is 0.364. The van der Waals surface area contributed by atoms with Crippen molar-refractivity contribution in [3.63, 3.8) is 0 Å². The number of benzene rings is 2. The third kappa shape index (κ3) is 2.79. The molecule has 0 N–H and O–H groups in total.